The van der Waals surface area contributed by atoms with E-state index in [2.05, 4.69) is 37.5 Å². The second-order valence-electron chi connectivity index (χ2n) is 9.65. The monoisotopic (exact) mass is 494 g/mol. The lowest BCUT2D eigenvalue weighted by atomic mass is 9.89. The van der Waals surface area contributed by atoms with Crippen molar-refractivity contribution in [1.29, 1.82) is 0 Å². The summed E-state index contributed by atoms with van der Waals surface area (Å²) in [6.45, 7) is 4.08. The van der Waals surface area contributed by atoms with Gasteiger partial charge in [-0.3, -0.25) is 0 Å². The summed E-state index contributed by atoms with van der Waals surface area (Å²) in [5.74, 6) is 1.07. The lowest BCUT2D eigenvalue weighted by molar-refractivity contribution is 0.0515. The van der Waals surface area contributed by atoms with Crippen molar-refractivity contribution < 1.29 is 18.6 Å². The summed E-state index contributed by atoms with van der Waals surface area (Å²) in [4.78, 5) is 2.25. The van der Waals surface area contributed by atoms with Crippen LogP contribution in [0.2, 0.25) is 0 Å². The molecule has 1 N–H and O–H groups in total. The summed E-state index contributed by atoms with van der Waals surface area (Å²) in [6, 6.07) is 9.03. The van der Waals surface area contributed by atoms with E-state index in [1.807, 2.05) is 12.1 Å². The number of nitrogens with zero attached hydrogens (tertiary/aromatic N) is 5. The number of aromatic nitrogens is 4. The van der Waals surface area contributed by atoms with Gasteiger partial charge in [0.25, 0.3) is 0 Å². The SMILES string of the molecule is COCOc1cc(-c2cnnc(OC)c2)c(F)cc1-c1ccc(N2CCC(C)(NC3CCC3)C2)nn1. The fourth-order valence-corrected chi connectivity index (χ4v) is 4.77. The zero-order chi connectivity index (χ0) is 25.1. The van der Waals surface area contributed by atoms with Crippen LogP contribution >= 0.6 is 0 Å². The molecule has 1 aliphatic carbocycles. The molecule has 1 saturated heterocycles. The van der Waals surface area contributed by atoms with Gasteiger partial charge >= 0.3 is 0 Å². The quantitative estimate of drug-likeness (QED) is 0.445. The molecule has 9 nitrogen and oxygen atoms in total. The van der Waals surface area contributed by atoms with Gasteiger partial charge in [-0.15, -0.1) is 15.3 Å². The molecule has 3 aromatic rings. The second kappa shape index (κ2) is 10.3. The van der Waals surface area contributed by atoms with E-state index in [-0.39, 0.29) is 18.2 Å². The van der Waals surface area contributed by atoms with Crippen LogP contribution in [0.25, 0.3) is 22.4 Å². The first-order valence-corrected chi connectivity index (χ1v) is 12.2. The third-order valence-electron chi connectivity index (χ3n) is 6.94. The molecule has 1 saturated carbocycles. The standard InChI is InChI=1S/C26H31FN6O3/c1-26(29-18-5-4-6-18)9-10-33(15-26)24-8-7-22(30-31-24)20-12-21(27)19(13-23(20)36-16-34-2)17-11-25(35-3)32-28-14-17/h7-8,11-14,18,29H,4-6,9-10,15-16H2,1-3H3. The molecule has 0 amide bonds. The summed E-state index contributed by atoms with van der Waals surface area (Å²) in [6.07, 6.45) is 6.37. The van der Waals surface area contributed by atoms with Gasteiger partial charge in [0, 0.05) is 54.5 Å². The molecular weight excluding hydrogens is 463 g/mol. The minimum absolute atomic E-state index is 0.00184. The van der Waals surface area contributed by atoms with Crippen LogP contribution in [0, 0.1) is 5.82 Å². The van der Waals surface area contributed by atoms with Gasteiger partial charge < -0.3 is 24.4 Å². The number of hydrogen-bond donors (Lipinski definition) is 1. The predicted octanol–water partition coefficient (Wildman–Crippen LogP) is 3.84. The number of methoxy groups -OCH3 is 2. The van der Waals surface area contributed by atoms with E-state index >= 15 is 4.39 Å². The van der Waals surface area contributed by atoms with Crippen LogP contribution in [0.1, 0.15) is 32.6 Å². The Morgan fingerprint density at radius 1 is 1.11 bits per heavy atom. The van der Waals surface area contributed by atoms with Gasteiger partial charge in [0.05, 0.1) is 19.0 Å². The average Bonchev–Trinajstić information content (AvgIpc) is 3.27. The lowest BCUT2D eigenvalue weighted by Gasteiger charge is -2.36. The largest absolute Gasteiger partial charge is 0.480 e. The molecule has 1 aliphatic heterocycles. The maximum atomic E-state index is 15.3. The normalized spacial score (nSPS) is 19.8. The highest BCUT2D eigenvalue weighted by atomic mass is 19.1. The summed E-state index contributed by atoms with van der Waals surface area (Å²) in [5.41, 5.74) is 1.89. The van der Waals surface area contributed by atoms with Crippen LogP contribution in [0.15, 0.2) is 36.5 Å². The van der Waals surface area contributed by atoms with Crippen LogP contribution in [-0.4, -0.2) is 66.1 Å². The first-order chi connectivity index (χ1) is 17.5. The van der Waals surface area contributed by atoms with E-state index in [0.29, 0.717) is 34.2 Å². The molecule has 10 heteroatoms. The summed E-state index contributed by atoms with van der Waals surface area (Å²) >= 11 is 0. The van der Waals surface area contributed by atoms with E-state index in [0.717, 1.165) is 25.3 Å². The van der Waals surface area contributed by atoms with Gasteiger partial charge in [0.2, 0.25) is 5.88 Å². The summed E-state index contributed by atoms with van der Waals surface area (Å²) < 4.78 is 31.3. The third kappa shape index (κ3) is 5.10. The predicted molar refractivity (Wildman–Crippen MR) is 134 cm³/mol. The highest BCUT2D eigenvalue weighted by molar-refractivity contribution is 5.75. The van der Waals surface area contributed by atoms with Crippen molar-refractivity contribution >= 4 is 5.82 Å². The van der Waals surface area contributed by atoms with Gasteiger partial charge in [-0.05, 0) is 50.5 Å². The first kappa shape index (κ1) is 24.3. The minimum atomic E-state index is -0.451. The lowest BCUT2D eigenvalue weighted by Crippen LogP contribution is -2.52. The van der Waals surface area contributed by atoms with Crippen molar-refractivity contribution in [1.82, 2.24) is 25.7 Å². The summed E-state index contributed by atoms with van der Waals surface area (Å²) in [7, 11) is 3.01. The second-order valence-corrected chi connectivity index (χ2v) is 9.65. The fraction of sp³-hybridized carbons (Fsp3) is 0.462. The molecule has 190 valence electrons. The summed E-state index contributed by atoms with van der Waals surface area (Å²) in [5, 5.41) is 20.5. The van der Waals surface area contributed by atoms with Crippen molar-refractivity contribution in [3.05, 3.63) is 42.3 Å². The Balaban J connectivity index is 1.39. The molecule has 2 fully saturated rings. The minimum Gasteiger partial charge on any atom is -0.480 e. The Morgan fingerprint density at radius 2 is 1.97 bits per heavy atom. The maximum absolute atomic E-state index is 15.3. The Kier molecular flexibility index (Phi) is 6.97. The topological polar surface area (TPSA) is 94.5 Å². The zero-order valence-electron chi connectivity index (χ0n) is 20.8. The molecule has 1 unspecified atom stereocenters. The Morgan fingerprint density at radius 3 is 2.67 bits per heavy atom. The van der Waals surface area contributed by atoms with Gasteiger partial charge in [-0.1, -0.05) is 6.42 Å². The van der Waals surface area contributed by atoms with Crippen LogP contribution in [0.4, 0.5) is 10.2 Å². The van der Waals surface area contributed by atoms with Gasteiger partial charge in [0.15, 0.2) is 12.6 Å². The average molecular weight is 495 g/mol. The van der Waals surface area contributed by atoms with Gasteiger partial charge in [-0.25, -0.2) is 4.39 Å². The Labute approximate surface area is 210 Å². The van der Waals surface area contributed by atoms with Crippen molar-refractivity contribution in [2.75, 3.05) is 39.0 Å². The molecule has 2 aliphatic rings. The van der Waals surface area contributed by atoms with Crippen LogP contribution in [0.5, 0.6) is 11.6 Å². The molecule has 0 spiro atoms. The van der Waals surface area contributed by atoms with Crippen LogP contribution < -0.4 is 19.7 Å². The van der Waals surface area contributed by atoms with Gasteiger partial charge in [-0.2, -0.15) is 5.10 Å². The molecule has 0 radical (unpaired) electrons. The van der Waals surface area contributed by atoms with E-state index in [1.54, 1.807) is 12.1 Å². The smallest absolute Gasteiger partial charge is 0.233 e. The molecule has 36 heavy (non-hydrogen) atoms. The number of halogens is 1. The first-order valence-electron chi connectivity index (χ1n) is 12.2. The molecule has 0 bridgehead atoms. The molecule has 2 aromatic heterocycles. The van der Waals surface area contributed by atoms with Crippen molar-refractivity contribution in [3.8, 4) is 34.0 Å². The maximum Gasteiger partial charge on any atom is 0.233 e. The number of ether oxygens (including phenoxy) is 3. The van der Waals surface area contributed by atoms with Crippen molar-refractivity contribution in [2.45, 2.75) is 44.2 Å². The van der Waals surface area contributed by atoms with Crippen LogP contribution in [0.3, 0.4) is 0 Å². The molecule has 1 aromatic carbocycles. The highest BCUT2D eigenvalue weighted by Crippen LogP contribution is 2.37. The number of hydrogen-bond acceptors (Lipinski definition) is 9. The van der Waals surface area contributed by atoms with E-state index in [9.17, 15) is 0 Å². The van der Waals surface area contributed by atoms with E-state index in [1.165, 1.54) is 45.7 Å². The number of nitrogens with one attached hydrogen (secondary N) is 1. The van der Waals surface area contributed by atoms with E-state index < -0.39 is 5.82 Å². The molecule has 1 atom stereocenters. The van der Waals surface area contributed by atoms with Crippen molar-refractivity contribution in [3.63, 3.8) is 0 Å². The number of rotatable bonds is 9. The number of benzene rings is 1. The Bertz CT molecular complexity index is 1210. The zero-order valence-corrected chi connectivity index (χ0v) is 20.8. The molecule has 5 rings (SSSR count). The van der Waals surface area contributed by atoms with Crippen LogP contribution in [-0.2, 0) is 4.74 Å². The van der Waals surface area contributed by atoms with E-state index in [4.69, 9.17) is 14.2 Å². The third-order valence-corrected chi connectivity index (χ3v) is 6.94. The Hall–Kier alpha value is -3.37. The van der Waals surface area contributed by atoms with Gasteiger partial charge in [0.1, 0.15) is 11.6 Å². The number of anilines is 1. The van der Waals surface area contributed by atoms with Crippen molar-refractivity contribution in [2.24, 2.45) is 0 Å². The molecule has 3 heterocycles. The highest BCUT2D eigenvalue weighted by Gasteiger charge is 2.37. The fourth-order valence-electron chi connectivity index (χ4n) is 4.77. The molecular formula is C26H31FN6O3.